The van der Waals surface area contributed by atoms with Gasteiger partial charge >= 0.3 is 11.9 Å². The van der Waals surface area contributed by atoms with Crippen LogP contribution in [0.2, 0.25) is 0 Å². The van der Waals surface area contributed by atoms with Crippen molar-refractivity contribution in [2.75, 3.05) is 0 Å². The second-order valence-corrected chi connectivity index (χ2v) is 5.04. The summed E-state index contributed by atoms with van der Waals surface area (Å²) in [5, 5.41) is 17.2. The van der Waals surface area contributed by atoms with Crippen LogP contribution in [0.1, 0.15) is 0 Å². The molecule has 0 unspecified atom stereocenters. The van der Waals surface area contributed by atoms with Gasteiger partial charge in [-0.1, -0.05) is 5.73 Å². The minimum Gasteiger partial charge on any atom is -0.477 e. The quantitative estimate of drug-likeness (QED) is 0.250. The largest absolute Gasteiger partial charge is 0.477 e. The summed E-state index contributed by atoms with van der Waals surface area (Å²) in [5.41, 5.74) is 75.7. The van der Waals surface area contributed by atoms with Crippen LogP contribution in [-0.4, -0.2) is 22.2 Å². The average molecular weight is 500 g/mol. The molecule has 0 aromatic heterocycles. The molecule has 172 valence electrons. The molecule has 0 atom stereocenters. The van der Waals surface area contributed by atoms with Crippen molar-refractivity contribution >= 4 is 11.9 Å². The van der Waals surface area contributed by atoms with Crippen LogP contribution < -0.4 is 0 Å². The molecule has 0 amide bonds. The highest BCUT2D eigenvalue weighted by atomic mass is 16.4. The van der Waals surface area contributed by atoms with Crippen LogP contribution in [0.3, 0.4) is 0 Å². The van der Waals surface area contributed by atoms with Crippen LogP contribution in [0.15, 0.2) is 196 Å². The third-order valence-electron chi connectivity index (χ3n) is 2.52. The van der Waals surface area contributed by atoms with E-state index in [0.717, 1.165) is 0 Å². The maximum absolute atomic E-state index is 10.6. The molecule has 0 fully saturated rings. The molecule has 0 saturated carbocycles. The molecular formula is C36H4O4. The average Bonchev–Trinajstić information content (AvgIpc) is 2.93. The molecule has 0 heterocycles. The Kier molecular flexibility index (Phi) is 20.0. The van der Waals surface area contributed by atoms with E-state index < -0.39 is 17.5 Å². The Hall–Kier alpha value is -8.36. The standard InChI is InChI=1S/C36H4O4/c1-2-3-4-5-6-7-8-9-10-11-12-13-14-15-16-17-18-19-20-21-22-23-24-25-26-27-28-29-30-31-32-33-34(35(37)38)36(39)40/h1H2,(H,37,38)(H,39,40). The van der Waals surface area contributed by atoms with Crippen LogP contribution in [0.25, 0.3) is 0 Å². The van der Waals surface area contributed by atoms with Crippen LogP contribution >= 0.6 is 0 Å². The first-order valence-corrected chi connectivity index (χ1v) is 9.71. The van der Waals surface area contributed by atoms with Gasteiger partial charge in [0.2, 0.25) is 0 Å². The van der Waals surface area contributed by atoms with E-state index in [9.17, 15) is 9.59 Å². The second kappa shape index (κ2) is 25.3. The van der Waals surface area contributed by atoms with Gasteiger partial charge in [-0.2, -0.15) is 0 Å². The molecule has 0 spiro atoms. The fourth-order valence-corrected chi connectivity index (χ4v) is 1.21. The van der Waals surface area contributed by atoms with Crippen LogP contribution in [0, 0.1) is 0 Å². The number of hydrogen-bond acceptors (Lipinski definition) is 2. The Morgan fingerprint density at radius 2 is 0.500 bits per heavy atom. The van der Waals surface area contributed by atoms with Gasteiger partial charge in [-0.3, -0.25) is 0 Å². The van der Waals surface area contributed by atoms with Gasteiger partial charge in [-0.05, 0) is 104 Å². The summed E-state index contributed by atoms with van der Waals surface area (Å²) < 4.78 is 0. The fourth-order valence-electron chi connectivity index (χ4n) is 1.21. The van der Waals surface area contributed by atoms with Gasteiger partial charge in [0.05, 0.1) is 0 Å². The number of aliphatic carboxylic acids is 2. The molecule has 0 saturated heterocycles. The molecule has 0 aliphatic rings. The lowest BCUT2D eigenvalue weighted by atomic mass is 10.3. The number of hydrogen-bond donors (Lipinski definition) is 2. The summed E-state index contributed by atoms with van der Waals surface area (Å²) in [4.78, 5) is 21.1. The molecular weight excluding hydrogens is 496 g/mol. The first kappa shape index (κ1) is 31.6. The predicted molar refractivity (Wildman–Crippen MR) is 137 cm³/mol. The SMILES string of the molecule is C=C=C=C=C=C=C=C=C=C=C=C=C=C=C=C=C=C=C=C=C=C=C=C=C=C=C=C=C=C=C=C=C=C(C(=O)O)C(=O)O. The molecule has 2 N–H and O–H groups in total. The van der Waals surface area contributed by atoms with Crippen molar-refractivity contribution in [1.82, 2.24) is 0 Å². The van der Waals surface area contributed by atoms with Crippen molar-refractivity contribution in [3.05, 3.63) is 196 Å². The first-order valence-electron chi connectivity index (χ1n) is 9.71. The number of carboxylic acid groups (broad SMARTS) is 2. The van der Waals surface area contributed by atoms with E-state index in [2.05, 4.69) is 184 Å². The lowest BCUT2D eigenvalue weighted by molar-refractivity contribution is -0.140. The van der Waals surface area contributed by atoms with E-state index in [0.29, 0.717) is 0 Å². The summed E-state index contributed by atoms with van der Waals surface area (Å²) >= 11 is 0. The molecule has 0 aliphatic carbocycles. The summed E-state index contributed by atoms with van der Waals surface area (Å²) in [7, 11) is 0. The Morgan fingerprint density at radius 1 is 0.325 bits per heavy atom. The zero-order valence-electron chi connectivity index (χ0n) is 19.9. The highest BCUT2D eigenvalue weighted by Gasteiger charge is 2.14. The summed E-state index contributed by atoms with van der Waals surface area (Å²) in [5.74, 6) is -3.32. The lowest BCUT2D eigenvalue weighted by Gasteiger charge is -1.85. The number of carboxylic acids is 2. The second-order valence-electron chi connectivity index (χ2n) is 5.04. The zero-order chi connectivity index (χ0) is 29.4. The zero-order valence-corrected chi connectivity index (χ0v) is 19.9. The molecule has 40 heavy (non-hydrogen) atoms. The minimum atomic E-state index is -1.66. The molecule has 0 rings (SSSR count). The van der Waals surface area contributed by atoms with Gasteiger partial charge in [-0.25, -0.2) is 9.59 Å². The summed E-state index contributed by atoms with van der Waals surface area (Å²) in [6.45, 7) is 3.30. The van der Waals surface area contributed by atoms with Crippen molar-refractivity contribution in [3.8, 4) is 0 Å². The predicted octanol–water partition coefficient (Wildman–Crippen LogP) is 4.68. The van der Waals surface area contributed by atoms with E-state index in [1.54, 1.807) is 0 Å². The van der Waals surface area contributed by atoms with Crippen molar-refractivity contribution in [2.24, 2.45) is 0 Å². The molecule has 0 bridgehead atoms. The van der Waals surface area contributed by atoms with E-state index >= 15 is 0 Å². The first-order chi connectivity index (χ1) is 19.6. The van der Waals surface area contributed by atoms with Gasteiger partial charge in [0.25, 0.3) is 0 Å². The van der Waals surface area contributed by atoms with E-state index in [4.69, 9.17) is 10.2 Å². The van der Waals surface area contributed by atoms with Crippen molar-refractivity contribution in [2.45, 2.75) is 0 Å². The Balaban J connectivity index is 6.08. The highest BCUT2D eigenvalue weighted by Crippen LogP contribution is 1.89. The molecule has 4 nitrogen and oxygen atoms in total. The Morgan fingerprint density at radius 3 is 0.675 bits per heavy atom. The third-order valence-corrected chi connectivity index (χ3v) is 2.52. The normalized spacial score (nSPS) is 4.80. The molecule has 0 aromatic carbocycles. The summed E-state index contributed by atoms with van der Waals surface area (Å²) in [6, 6.07) is 0. The monoisotopic (exact) mass is 500 g/mol. The molecule has 0 radical (unpaired) electrons. The van der Waals surface area contributed by atoms with Crippen molar-refractivity contribution in [3.63, 3.8) is 0 Å². The van der Waals surface area contributed by atoms with Gasteiger partial charge < -0.3 is 10.2 Å². The number of carbonyl (C=O) groups is 2. The van der Waals surface area contributed by atoms with Crippen LogP contribution in [0.5, 0.6) is 0 Å². The van der Waals surface area contributed by atoms with Gasteiger partial charge in [0.1, 0.15) is 0 Å². The maximum Gasteiger partial charge on any atom is 0.351 e. The van der Waals surface area contributed by atoms with Crippen LogP contribution in [0.4, 0.5) is 0 Å². The Labute approximate surface area is 227 Å². The third kappa shape index (κ3) is 22.8. The van der Waals surface area contributed by atoms with Crippen molar-refractivity contribution < 1.29 is 19.8 Å². The van der Waals surface area contributed by atoms with E-state index in [-0.39, 0.29) is 0 Å². The van der Waals surface area contributed by atoms with Crippen LogP contribution in [-0.2, 0) is 9.59 Å². The smallest absolute Gasteiger partial charge is 0.351 e. The van der Waals surface area contributed by atoms with E-state index in [1.807, 2.05) is 5.73 Å². The molecule has 0 aliphatic heterocycles. The topological polar surface area (TPSA) is 74.6 Å². The Bertz CT molecular complexity index is 2400. The maximum atomic E-state index is 10.6. The van der Waals surface area contributed by atoms with Gasteiger partial charge in [-0.15, -0.1) is 0 Å². The molecule has 4 heteroatoms. The summed E-state index contributed by atoms with van der Waals surface area (Å²) in [6.07, 6.45) is 0. The van der Waals surface area contributed by atoms with Gasteiger partial charge in [0.15, 0.2) is 5.57 Å². The van der Waals surface area contributed by atoms with Gasteiger partial charge in [0, 0.05) is 80.2 Å². The van der Waals surface area contributed by atoms with E-state index in [1.165, 1.54) is 0 Å². The van der Waals surface area contributed by atoms with Crippen molar-refractivity contribution in [1.29, 1.82) is 0 Å². The highest BCUT2D eigenvalue weighted by molar-refractivity contribution is 6.12. The minimum absolute atomic E-state index is 0.995. The fraction of sp³-hybridized carbons (Fsp3) is 0. The molecule has 0 aromatic rings. The lowest BCUT2D eigenvalue weighted by Crippen LogP contribution is -2.09. The number of rotatable bonds is 2.